The van der Waals surface area contributed by atoms with Crippen molar-refractivity contribution in [3.05, 3.63) is 41.5 Å². The molecule has 3 N–H and O–H groups in total. The number of nitrogens with zero attached hydrogens (tertiary/aromatic N) is 1. The zero-order valence-corrected chi connectivity index (χ0v) is 17.2. The number of aromatic nitrogens is 1. The van der Waals surface area contributed by atoms with Gasteiger partial charge in [0.15, 0.2) is 28.9 Å². The van der Waals surface area contributed by atoms with Crippen LogP contribution in [0.3, 0.4) is 0 Å². The van der Waals surface area contributed by atoms with E-state index in [-0.39, 0.29) is 53.0 Å². The van der Waals surface area contributed by atoms with Crippen molar-refractivity contribution >= 4 is 34.0 Å². The fourth-order valence-corrected chi connectivity index (χ4v) is 4.99. The number of halogens is 4. The van der Waals surface area contributed by atoms with Gasteiger partial charge in [0.1, 0.15) is 4.90 Å². The highest BCUT2D eigenvalue weighted by atomic mass is 35.5. The van der Waals surface area contributed by atoms with Crippen molar-refractivity contribution in [1.29, 1.82) is 0 Å². The summed E-state index contributed by atoms with van der Waals surface area (Å²) in [6.07, 6.45) is 1.22. The Labute approximate surface area is 176 Å². The first kappa shape index (κ1) is 22.4. The molecule has 4 rings (SSSR count). The van der Waals surface area contributed by atoms with Gasteiger partial charge in [-0.25, -0.2) is 26.3 Å². The van der Waals surface area contributed by atoms with Crippen LogP contribution in [0, 0.1) is 23.4 Å². The number of hydrogen-bond donors (Lipinski definition) is 3. The normalized spacial score (nSPS) is 22.0. The molecule has 2 aliphatic rings. The summed E-state index contributed by atoms with van der Waals surface area (Å²) < 4.78 is 75.0. The first-order valence-electron chi connectivity index (χ1n) is 8.68. The smallest absolute Gasteiger partial charge is 0.276 e. The number of rotatable bonds is 2. The molecule has 2 aromatic rings. The Morgan fingerprint density at radius 3 is 2.57 bits per heavy atom. The van der Waals surface area contributed by atoms with E-state index >= 15 is 0 Å². The van der Waals surface area contributed by atoms with Crippen molar-refractivity contribution in [3.8, 4) is 5.75 Å². The van der Waals surface area contributed by atoms with E-state index in [2.05, 4.69) is 15.4 Å². The van der Waals surface area contributed by atoms with Gasteiger partial charge in [-0.05, 0) is 0 Å². The van der Waals surface area contributed by atoms with Crippen LogP contribution in [0.5, 0.6) is 5.75 Å². The van der Waals surface area contributed by atoms with Gasteiger partial charge in [0, 0.05) is 56.1 Å². The van der Waals surface area contributed by atoms with Gasteiger partial charge in [-0.15, -0.1) is 12.4 Å². The number of ether oxygens (including phenoxy) is 1. The van der Waals surface area contributed by atoms with Gasteiger partial charge in [0.25, 0.3) is 5.91 Å². The molecular formula is C17H18ClF3N4O4S. The molecule has 1 fully saturated rings. The van der Waals surface area contributed by atoms with Crippen molar-refractivity contribution in [3.63, 3.8) is 0 Å². The molecule has 13 heteroatoms. The number of aryl methyl sites for hydroxylation is 1. The summed E-state index contributed by atoms with van der Waals surface area (Å²) in [6, 6.07) is 0.907. The summed E-state index contributed by atoms with van der Waals surface area (Å²) in [7, 11) is -2.53. The SMILES string of the molecule is Cl.Cn1cc2c(c1C(=O)Nc1cc(F)c(F)c(F)c1)OC[C@H]1CNC[C@H]1NS2(=O)=O. The zero-order valence-electron chi connectivity index (χ0n) is 15.5. The van der Waals surface area contributed by atoms with Crippen molar-refractivity contribution in [2.45, 2.75) is 10.9 Å². The van der Waals surface area contributed by atoms with Crippen molar-refractivity contribution in [2.75, 3.05) is 25.0 Å². The number of benzene rings is 1. The monoisotopic (exact) mass is 466 g/mol. The molecule has 0 spiro atoms. The van der Waals surface area contributed by atoms with Gasteiger partial charge in [-0.2, -0.15) is 0 Å². The van der Waals surface area contributed by atoms with Gasteiger partial charge in [0.2, 0.25) is 10.0 Å². The fraction of sp³-hybridized carbons (Fsp3) is 0.353. The van der Waals surface area contributed by atoms with E-state index in [0.717, 1.165) is 0 Å². The number of fused-ring (bicyclic) bond motifs is 2. The average molecular weight is 467 g/mol. The van der Waals surface area contributed by atoms with Crippen molar-refractivity contribution in [1.82, 2.24) is 14.6 Å². The fourth-order valence-electron chi connectivity index (χ4n) is 3.49. The Balaban J connectivity index is 0.00000256. The van der Waals surface area contributed by atoms with E-state index in [1.807, 2.05) is 0 Å². The summed E-state index contributed by atoms with van der Waals surface area (Å²) in [5.41, 5.74) is -0.479. The molecular weight excluding hydrogens is 449 g/mol. The van der Waals surface area contributed by atoms with Gasteiger partial charge in [-0.1, -0.05) is 0 Å². The third kappa shape index (κ3) is 3.87. The molecule has 8 nitrogen and oxygen atoms in total. The molecule has 1 aromatic heterocycles. The van der Waals surface area contributed by atoms with Crippen LogP contribution in [-0.4, -0.2) is 44.6 Å². The van der Waals surface area contributed by atoms with Gasteiger partial charge in [0.05, 0.1) is 6.61 Å². The maximum absolute atomic E-state index is 13.4. The average Bonchev–Trinajstić information content (AvgIpc) is 3.20. The van der Waals surface area contributed by atoms with Crippen LogP contribution in [0.2, 0.25) is 0 Å². The molecule has 0 aliphatic carbocycles. The molecule has 0 unspecified atom stereocenters. The molecule has 1 saturated heterocycles. The lowest BCUT2D eigenvalue weighted by atomic mass is 10.1. The molecule has 3 heterocycles. The van der Waals surface area contributed by atoms with E-state index in [1.54, 1.807) is 0 Å². The van der Waals surface area contributed by atoms with Gasteiger partial charge >= 0.3 is 0 Å². The number of hydrogen-bond acceptors (Lipinski definition) is 5. The standard InChI is InChI=1S/C17H17F3N4O4S.ClH/c1-24-6-13-16(28-7-8-4-21-5-12(8)23-29(13,26)27)15(24)17(25)22-9-2-10(18)14(20)11(19)3-9;/h2-3,6,8,12,21,23H,4-5,7H2,1H3,(H,22,25);1H/t8-,12-;/m1./s1. The first-order valence-corrected chi connectivity index (χ1v) is 10.2. The minimum Gasteiger partial charge on any atom is -0.489 e. The predicted molar refractivity (Wildman–Crippen MR) is 103 cm³/mol. The molecule has 0 bridgehead atoms. The Bertz CT molecular complexity index is 1090. The quantitative estimate of drug-likeness (QED) is 0.580. The molecule has 30 heavy (non-hydrogen) atoms. The largest absolute Gasteiger partial charge is 0.489 e. The van der Waals surface area contributed by atoms with E-state index in [4.69, 9.17) is 4.74 Å². The van der Waals surface area contributed by atoms with Crippen LogP contribution in [0.15, 0.2) is 23.2 Å². The first-order chi connectivity index (χ1) is 13.7. The van der Waals surface area contributed by atoms with Gasteiger partial charge in [-0.3, -0.25) is 4.79 Å². The minimum atomic E-state index is -3.97. The third-order valence-corrected chi connectivity index (χ3v) is 6.42. The van der Waals surface area contributed by atoms with Crippen LogP contribution in [0.1, 0.15) is 10.5 Å². The number of carbonyl (C=O) groups excluding carboxylic acids is 1. The molecule has 0 saturated carbocycles. The van der Waals surface area contributed by atoms with Crippen LogP contribution >= 0.6 is 12.4 Å². The number of amides is 1. The number of anilines is 1. The number of sulfonamides is 1. The lowest BCUT2D eigenvalue weighted by molar-refractivity contribution is 0.101. The van der Waals surface area contributed by atoms with E-state index in [1.165, 1.54) is 17.8 Å². The summed E-state index contributed by atoms with van der Waals surface area (Å²) in [4.78, 5) is 12.5. The summed E-state index contributed by atoms with van der Waals surface area (Å²) in [6.45, 7) is 1.17. The second-order valence-electron chi connectivity index (χ2n) is 6.95. The molecule has 1 amide bonds. The van der Waals surface area contributed by atoms with Gasteiger partial charge < -0.3 is 19.9 Å². The Morgan fingerprint density at radius 1 is 1.23 bits per heavy atom. The van der Waals surface area contributed by atoms with Crippen LogP contribution in [0.25, 0.3) is 0 Å². The van der Waals surface area contributed by atoms with E-state index < -0.39 is 33.4 Å². The molecule has 2 atom stereocenters. The van der Waals surface area contributed by atoms with Crippen molar-refractivity contribution < 1.29 is 31.1 Å². The highest BCUT2D eigenvalue weighted by Gasteiger charge is 2.38. The van der Waals surface area contributed by atoms with Crippen LogP contribution in [0.4, 0.5) is 18.9 Å². The zero-order chi connectivity index (χ0) is 20.9. The lowest BCUT2D eigenvalue weighted by Gasteiger charge is -2.24. The summed E-state index contributed by atoms with van der Waals surface area (Å²) >= 11 is 0. The molecule has 1 aromatic carbocycles. The number of carbonyl (C=O) groups is 1. The Morgan fingerprint density at radius 2 is 1.90 bits per heavy atom. The minimum absolute atomic E-state index is 0. The molecule has 0 radical (unpaired) electrons. The molecule has 2 aliphatic heterocycles. The Hall–Kier alpha value is -2.28. The molecule has 164 valence electrons. The summed E-state index contributed by atoms with van der Waals surface area (Å²) in [5.74, 6) is -5.75. The third-order valence-electron chi connectivity index (χ3n) is 4.94. The Kier molecular flexibility index (Phi) is 6.05. The van der Waals surface area contributed by atoms with E-state index in [9.17, 15) is 26.4 Å². The van der Waals surface area contributed by atoms with E-state index in [0.29, 0.717) is 25.2 Å². The maximum Gasteiger partial charge on any atom is 0.276 e. The topological polar surface area (TPSA) is 101 Å². The predicted octanol–water partition coefficient (Wildman–Crippen LogP) is 1.38. The number of nitrogens with one attached hydrogen (secondary N) is 3. The maximum atomic E-state index is 13.4. The van der Waals surface area contributed by atoms with Crippen molar-refractivity contribution in [2.24, 2.45) is 13.0 Å². The lowest BCUT2D eigenvalue weighted by Crippen LogP contribution is -2.43. The second-order valence-corrected chi connectivity index (χ2v) is 8.63. The van der Waals surface area contributed by atoms with Crippen LogP contribution < -0.4 is 20.1 Å². The highest BCUT2D eigenvalue weighted by molar-refractivity contribution is 7.89. The second kappa shape index (κ2) is 8.10. The highest BCUT2D eigenvalue weighted by Crippen LogP contribution is 2.34. The van der Waals surface area contributed by atoms with Crippen LogP contribution in [-0.2, 0) is 17.1 Å². The summed E-state index contributed by atoms with van der Waals surface area (Å²) in [5, 5.41) is 5.32.